The fraction of sp³-hybridized carbons (Fsp3) is 0.875. The van der Waals surface area contributed by atoms with Crippen LogP contribution in [0.4, 0.5) is 0 Å². The third kappa shape index (κ3) is 5.17. The maximum absolute atomic E-state index is 11.3. The minimum absolute atomic E-state index is 0.0437. The topological polar surface area (TPSA) is 90.7 Å². The Morgan fingerprint density at radius 3 is 2.88 bits per heavy atom. The molecule has 0 aromatic heterocycles. The van der Waals surface area contributed by atoms with E-state index >= 15 is 0 Å². The molecule has 1 aliphatic heterocycles. The summed E-state index contributed by atoms with van der Waals surface area (Å²) in [6.07, 6.45) is 1.07. The number of ether oxygens (including phenoxy) is 1. The molecule has 1 rings (SSSR count). The van der Waals surface area contributed by atoms with Crippen LogP contribution in [-0.4, -0.2) is 41.9 Å². The molecule has 0 spiro atoms. The molecule has 16 heavy (non-hydrogen) atoms. The molecule has 1 heterocycles. The zero-order valence-corrected chi connectivity index (χ0v) is 9.53. The molecule has 0 aliphatic carbocycles. The fourth-order valence-electron chi connectivity index (χ4n) is 1.16. The van der Waals surface area contributed by atoms with Crippen LogP contribution in [-0.2, 0) is 14.4 Å². The maximum atomic E-state index is 11.3. The lowest BCUT2D eigenvalue weighted by atomic mass is 10.3. The van der Waals surface area contributed by atoms with Crippen LogP contribution in [0.25, 0.3) is 0 Å². The third-order valence-corrected chi connectivity index (χ3v) is 2.92. The standard InChI is InChI=1S/C8H14N2O5S/c11-8(7-5-16-6-9-7)14-3-1-2-4-15-10(12)13/h7,9H,1-6H2. The Hall–Kier alpha value is -1.02. The van der Waals surface area contributed by atoms with Crippen LogP contribution in [0.15, 0.2) is 0 Å². The predicted octanol–water partition coefficient (Wildman–Crippen LogP) is 0.181. The van der Waals surface area contributed by atoms with Crippen LogP contribution in [0.5, 0.6) is 0 Å². The van der Waals surface area contributed by atoms with Crippen molar-refractivity contribution in [2.45, 2.75) is 18.9 Å². The molecule has 0 aromatic rings. The molecule has 0 radical (unpaired) electrons. The molecular formula is C8H14N2O5S. The van der Waals surface area contributed by atoms with Crippen molar-refractivity contribution in [3.63, 3.8) is 0 Å². The second-order valence-electron chi connectivity index (χ2n) is 3.20. The lowest BCUT2D eigenvalue weighted by Gasteiger charge is -2.09. The number of carbonyl (C=O) groups excluding carboxylic acids is 1. The van der Waals surface area contributed by atoms with Crippen LogP contribution >= 0.6 is 11.8 Å². The van der Waals surface area contributed by atoms with Gasteiger partial charge in [0.15, 0.2) is 0 Å². The summed E-state index contributed by atoms with van der Waals surface area (Å²) in [4.78, 5) is 25.3. The largest absolute Gasteiger partial charge is 0.465 e. The van der Waals surface area contributed by atoms with Crippen molar-refractivity contribution < 1.29 is 19.5 Å². The van der Waals surface area contributed by atoms with Crippen LogP contribution in [0, 0.1) is 10.1 Å². The lowest BCUT2D eigenvalue weighted by molar-refractivity contribution is -0.757. The third-order valence-electron chi connectivity index (χ3n) is 1.98. The normalized spacial score (nSPS) is 19.4. The Kier molecular flexibility index (Phi) is 5.94. The first-order valence-electron chi connectivity index (χ1n) is 4.95. The van der Waals surface area contributed by atoms with E-state index in [4.69, 9.17) is 4.74 Å². The van der Waals surface area contributed by atoms with E-state index in [0.29, 0.717) is 12.8 Å². The number of nitrogens with zero attached hydrogens (tertiary/aromatic N) is 1. The van der Waals surface area contributed by atoms with E-state index in [1.165, 1.54) is 0 Å². The quantitative estimate of drug-likeness (QED) is 0.298. The highest BCUT2D eigenvalue weighted by molar-refractivity contribution is 7.99. The van der Waals surface area contributed by atoms with E-state index in [-0.39, 0.29) is 25.2 Å². The average molecular weight is 250 g/mol. The average Bonchev–Trinajstić information content (AvgIpc) is 2.75. The Morgan fingerprint density at radius 1 is 1.50 bits per heavy atom. The molecule has 1 unspecified atom stereocenters. The molecule has 0 bridgehead atoms. The first kappa shape index (κ1) is 13.0. The van der Waals surface area contributed by atoms with E-state index < -0.39 is 5.09 Å². The summed E-state index contributed by atoms with van der Waals surface area (Å²) in [6, 6.07) is -0.208. The van der Waals surface area contributed by atoms with Gasteiger partial charge in [0, 0.05) is 11.6 Å². The lowest BCUT2D eigenvalue weighted by Crippen LogP contribution is -2.34. The van der Waals surface area contributed by atoms with E-state index in [9.17, 15) is 14.9 Å². The number of hydrogen-bond acceptors (Lipinski definition) is 7. The van der Waals surface area contributed by atoms with Gasteiger partial charge >= 0.3 is 5.97 Å². The molecule has 92 valence electrons. The highest BCUT2D eigenvalue weighted by Gasteiger charge is 2.23. The summed E-state index contributed by atoms with van der Waals surface area (Å²) in [5.41, 5.74) is 0. The first-order valence-corrected chi connectivity index (χ1v) is 6.10. The second kappa shape index (κ2) is 7.29. The summed E-state index contributed by atoms with van der Waals surface area (Å²) in [6.45, 7) is 0.324. The number of carbonyl (C=O) groups is 1. The molecule has 1 fully saturated rings. The molecule has 0 saturated carbocycles. The summed E-state index contributed by atoms with van der Waals surface area (Å²) in [5.74, 6) is 1.26. The molecule has 1 saturated heterocycles. The summed E-state index contributed by atoms with van der Waals surface area (Å²) in [5, 5.41) is 12.0. The summed E-state index contributed by atoms with van der Waals surface area (Å²) in [7, 11) is 0. The molecule has 1 atom stereocenters. The number of unbranched alkanes of at least 4 members (excludes halogenated alkanes) is 1. The van der Waals surface area contributed by atoms with Gasteiger partial charge in [-0.3, -0.25) is 10.1 Å². The van der Waals surface area contributed by atoms with Crippen molar-refractivity contribution in [2.24, 2.45) is 0 Å². The van der Waals surface area contributed by atoms with Gasteiger partial charge in [-0.25, -0.2) is 0 Å². The van der Waals surface area contributed by atoms with Crippen molar-refractivity contribution >= 4 is 17.7 Å². The number of hydrogen-bond donors (Lipinski definition) is 1. The highest BCUT2D eigenvalue weighted by atomic mass is 32.2. The SMILES string of the molecule is O=C(OCCCCO[N+](=O)[O-])C1CSCN1. The van der Waals surface area contributed by atoms with E-state index in [1.807, 2.05) is 0 Å². The molecule has 0 aromatic carbocycles. The van der Waals surface area contributed by atoms with Crippen LogP contribution in [0.2, 0.25) is 0 Å². The molecule has 7 nitrogen and oxygen atoms in total. The van der Waals surface area contributed by atoms with Gasteiger partial charge in [-0.05, 0) is 12.8 Å². The van der Waals surface area contributed by atoms with Crippen molar-refractivity contribution in [3.05, 3.63) is 10.1 Å². The van der Waals surface area contributed by atoms with Gasteiger partial charge in [-0.2, -0.15) is 0 Å². The summed E-state index contributed by atoms with van der Waals surface area (Å²) >= 11 is 1.65. The summed E-state index contributed by atoms with van der Waals surface area (Å²) < 4.78 is 4.99. The van der Waals surface area contributed by atoms with E-state index in [1.54, 1.807) is 11.8 Å². The minimum atomic E-state index is -0.828. The van der Waals surface area contributed by atoms with Gasteiger partial charge < -0.3 is 9.57 Å². The van der Waals surface area contributed by atoms with Crippen molar-refractivity contribution in [2.75, 3.05) is 24.8 Å². The number of nitrogens with one attached hydrogen (secondary N) is 1. The zero-order valence-electron chi connectivity index (χ0n) is 8.72. The number of thioether (sulfide) groups is 1. The second-order valence-corrected chi connectivity index (χ2v) is 4.23. The van der Waals surface area contributed by atoms with Gasteiger partial charge in [0.05, 0.1) is 13.2 Å². The smallest absolute Gasteiger partial charge is 0.324 e. The maximum Gasteiger partial charge on any atom is 0.324 e. The molecule has 0 amide bonds. The van der Waals surface area contributed by atoms with E-state index in [2.05, 4.69) is 10.2 Å². The minimum Gasteiger partial charge on any atom is -0.465 e. The van der Waals surface area contributed by atoms with Gasteiger partial charge in [-0.15, -0.1) is 21.9 Å². The van der Waals surface area contributed by atoms with Crippen molar-refractivity contribution in [1.82, 2.24) is 5.32 Å². The van der Waals surface area contributed by atoms with E-state index in [0.717, 1.165) is 11.6 Å². The monoisotopic (exact) mass is 250 g/mol. The first-order chi connectivity index (χ1) is 7.70. The van der Waals surface area contributed by atoms with Gasteiger partial charge in [0.2, 0.25) is 0 Å². The Bertz CT molecular complexity index is 245. The Labute approximate surface area is 97.0 Å². The highest BCUT2D eigenvalue weighted by Crippen LogP contribution is 2.10. The fourth-order valence-corrected chi connectivity index (χ4v) is 2.09. The van der Waals surface area contributed by atoms with Gasteiger partial charge in [-0.1, -0.05) is 0 Å². The van der Waals surface area contributed by atoms with Crippen molar-refractivity contribution in [1.29, 1.82) is 0 Å². The number of rotatable bonds is 7. The van der Waals surface area contributed by atoms with Gasteiger partial charge in [0.1, 0.15) is 6.04 Å². The molecular weight excluding hydrogens is 236 g/mol. The van der Waals surface area contributed by atoms with Crippen molar-refractivity contribution in [3.8, 4) is 0 Å². The van der Waals surface area contributed by atoms with Crippen LogP contribution in [0.3, 0.4) is 0 Å². The predicted molar refractivity (Wildman–Crippen MR) is 57.4 cm³/mol. The Morgan fingerprint density at radius 2 is 2.25 bits per heavy atom. The van der Waals surface area contributed by atoms with Gasteiger partial charge in [0.25, 0.3) is 5.09 Å². The molecule has 8 heteroatoms. The number of esters is 1. The zero-order chi connectivity index (χ0) is 11.8. The molecule has 1 aliphatic rings. The van der Waals surface area contributed by atoms with Crippen LogP contribution in [0.1, 0.15) is 12.8 Å². The van der Waals surface area contributed by atoms with Crippen LogP contribution < -0.4 is 5.32 Å². The Balaban J connectivity index is 1.94. The molecule has 1 N–H and O–H groups in total.